The van der Waals surface area contributed by atoms with E-state index in [1.807, 2.05) is 0 Å². The Kier molecular flexibility index (Phi) is 5.77. The van der Waals surface area contributed by atoms with Crippen molar-refractivity contribution in [3.8, 4) is 0 Å². The summed E-state index contributed by atoms with van der Waals surface area (Å²) < 4.78 is 5.70. The molecule has 2 heteroatoms. The second-order valence-electron chi connectivity index (χ2n) is 6.08. The third-order valence-corrected chi connectivity index (χ3v) is 3.73. The maximum absolute atomic E-state index is 5.70. The van der Waals surface area contributed by atoms with Crippen LogP contribution in [-0.2, 0) is 4.74 Å². The quantitative estimate of drug-likeness (QED) is 0.752. The molecule has 96 valence electrons. The van der Waals surface area contributed by atoms with Gasteiger partial charge < -0.3 is 10.1 Å². The van der Waals surface area contributed by atoms with E-state index in [9.17, 15) is 0 Å². The van der Waals surface area contributed by atoms with Crippen LogP contribution >= 0.6 is 0 Å². The zero-order chi connectivity index (χ0) is 12.0. The minimum Gasteiger partial charge on any atom is -0.378 e. The second kappa shape index (κ2) is 6.61. The first-order chi connectivity index (χ1) is 7.54. The lowest BCUT2D eigenvalue weighted by atomic mass is 9.77. The van der Waals surface area contributed by atoms with E-state index in [1.165, 1.54) is 25.7 Å². The van der Waals surface area contributed by atoms with Crippen LogP contribution in [0.1, 0.15) is 53.4 Å². The Morgan fingerprint density at radius 3 is 2.62 bits per heavy atom. The molecule has 0 aliphatic carbocycles. The van der Waals surface area contributed by atoms with Crippen molar-refractivity contribution in [3.63, 3.8) is 0 Å². The fourth-order valence-electron chi connectivity index (χ4n) is 2.42. The molecule has 0 spiro atoms. The third kappa shape index (κ3) is 4.84. The molecule has 2 atom stereocenters. The van der Waals surface area contributed by atoms with Crippen molar-refractivity contribution in [2.24, 2.45) is 11.3 Å². The van der Waals surface area contributed by atoms with Gasteiger partial charge in [-0.15, -0.1) is 0 Å². The first-order valence-electron chi connectivity index (χ1n) is 6.86. The maximum atomic E-state index is 5.70. The number of hydrogen-bond donors (Lipinski definition) is 1. The molecule has 2 unspecified atom stereocenters. The molecule has 1 heterocycles. The number of hydrogen-bond acceptors (Lipinski definition) is 2. The molecule has 0 aromatic carbocycles. The number of ether oxygens (including phenoxy) is 1. The fourth-order valence-corrected chi connectivity index (χ4v) is 2.42. The lowest BCUT2D eigenvalue weighted by molar-refractivity contribution is 0.0890. The predicted octanol–water partition coefficient (Wildman–Crippen LogP) is 3.22. The number of rotatable bonds is 6. The molecule has 1 fully saturated rings. The van der Waals surface area contributed by atoms with Crippen LogP contribution in [0.5, 0.6) is 0 Å². The average Bonchev–Trinajstić information content (AvgIpc) is 2.68. The van der Waals surface area contributed by atoms with Gasteiger partial charge in [-0.05, 0) is 50.1 Å². The fraction of sp³-hybridized carbons (Fsp3) is 1.00. The van der Waals surface area contributed by atoms with E-state index < -0.39 is 0 Å². The molecule has 0 amide bonds. The molecule has 0 bridgehead atoms. The molecular weight excluding hydrogens is 198 g/mol. The highest BCUT2D eigenvalue weighted by Gasteiger charge is 2.25. The van der Waals surface area contributed by atoms with Gasteiger partial charge in [-0.1, -0.05) is 27.7 Å². The molecule has 16 heavy (non-hydrogen) atoms. The Morgan fingerprint density at radius 2 is 2.12 bits per heavy atom. The molecule has 1 N–H and O–H groups in total. The van der Waals surface area contributed by atoms with Crippen LogP contribution in [0.4, 0.5) is 0 Å². The number of nitrogens with one attached hydrogen (secondary N) is 1. The van der Waals surface area contributed by atoms with E-state index in [1.54, 1.807) is 0 Å². The SMILES string of the molecule is CCNCC(CCC1CCCO1)C(C)(C)C. The topological polar surface area (TPSA) is 21.3 Å². The highest BCUT2D eigenvalue weighted by Crippen LogP contribution is 2.31. The largest absolute Gasteiger partial charge is 0.378 e. The van der Waals surface area contributed by atoms with Crippen molar-refractivity contribution in [1.82, 2.24) is 5.32 Å². The van der Waals surface area contributed by atoms with Crippen LogP contribution in [0.15, 0.2) is 0 Å². The van der Waals surface area contributed by atoms with Gasteiger partial charge in [0.15, 0.2) is 0 Å². The highest BCUT2D eigenvalue weighted by molar-refractivity contribution is 4.78. The first-order valence-corrected chi connectivity index (χ1v) is 6.86. The van der Waals surface area contributed by atoms with E-state index in [2.05, 4.69) is 33.0 Å². The molecule has 1 aliphatic heterocycles. The second-order valence-corrected chi connectivity index (χ2v) is 6.08. The predicted molar refractivity (Wildman–Crippen MR) is 69.7 cm³/mol. The summed E-state index contributed by atoms with van der Waals surface area (Å²) >= 11 is 0. The first kappa shape index (κ1) is 14.0. The molecule has 0 saturated carbocycles. The van der Waals surface area contributed by atoms with Crippen molar-refractivity contribution in [2.45, 2.75) is 59.5 Å². The normalized spacial score (nSPS) is 23.6. The van der Waals surface area contributed by atoms with Crippen molar-refractivity contribution >= 4 is 0 Å². The zero-order valence-corrected chi connectivity index (χ0v) is 11.5. The van der Waals surface area contributed by atoms with Gasteiger partial charge >= 0.3 is 0 Å². The van der Waals surface area contributed by atoms with Crippen LogP contribution in [0.3, 0.4) is 0 Å². The van der Waals surface area contributed by atoms with Crippen molar-refractivity contribution < 1.29 is 4.74 Å². The summed E-state index contributed by atoms with van der Waals surface area (Å²) in [6.07, 6.45) is 5.62. The molecule has 1 aliphatic rings. The Hall–Kier alpha value is -0.0800. The van der Waals surface area contributed by atoms with Gasteiger partial charge in [0.25, 0.3) is 0 Å². The summed E-state index contributed by atoms with van der Waals surface area (Å²) in [6.45, 7) is 12.4. The van der Waals surface area contributed by atoms with E-state index in [0.717, 1.165) is 25.6 Å². The Balaban J connectivity index is 2.31. The van der Waals surface area contributed by atoms with Crippen LogP contribution in [0.25, 0.3) is 0 Å². The summed E-state index contributed by atoms with van der Waals surface area (Å²) in [5, 5.41) is 3.49. The van der Waals surface area contributed by atoms with Gasteiger partial charge in [-0.2, -0.15) is 0 Å². The lowest BCUT2D eigenvalue weighted by Gasteiger charge is -2.31. The van der Waals surface area contributed by atoms with Crippen molar-refractivity contribution in [3.05, 3.63) is 0 Å². The van der Waals surface area contributed by atoms with E-state index >= 15 is 0 Å². The van der Waals surface area contributed by atoms with Crippen LogP contribution in [-0.4, -0.2) is 25.8 Å². The lowest BCUT2D eigenvalue weighted by Crippen LogP contribution is -2.32. The molecule has 1 rings (SSSR count). The minimum atomic E-state index is 0.404. The molecule has 1 saturated heterocycles. The smallest absolute Gasteiger partial charge is 0.0576 e. The van der Waals surface area contributed by atoms with Gasteiger partial charge in [0, 0.05) is 6.61 Å². The zero-order valence-electron chi connectivity index (χ0n) is 11.5. The maximum Gasteiger partial charge on any atom is 0.0576 e. The molecule has 0 radical (unpaired) electrons. The van der Waals surface area contributed by atoms with E-state index in [4.69, 9.17) is 4.74 Å². The Labute approximate surface area is 101 Å². The van der Waals surface area contributed by atoms with Crippen molar-refractivity contribution in [2.75, 3.05) is 19.7 Å². The van der Waals surface area contributed by atoms with Crippen molar-refractivity contribution in [1.29, 1.82) is 0 Å². The summed E-state index contributed by atoms with van der Waals surface area (Å²) in [5.74, 6) is 0.761. The van der Waals surface area contributed by atoms with Gasteiger partial charge in [-0.25, -0.2) is 0 Å². The van der Waals surface area contributed by atoms with Crippen LogP contribution in [0, 0.1) is 11.3 Å². The minimum absolute atomic E-state index is 0.404. The highest BCUT2D eigenvalue weighted by atomic mass is 16.5. The van der Waals surface area contributed by atoms with Gasteiger partial charge in [0.2, 0.25) is 0 Å². The molecule has 2 nitrogen and oxygen atoms in total. The van der Waals surface area contributed by atoms with Gasteiger partial charge in [-0.3, -0.25) is 0 Å². The monoisotopic (exact) mass is 227 g/mol. The summed E-state index contributed by atoms with van der Waals surface area (Å²) in [6, 6.07) is 0. The summed E-state index contributed by atoms with van der Waals surface area (Å²) in [4.78, 5) is 0. The van der Waals surface area contributed by atoms with E-state index in [-0.39, 0.29) is 0 Å². The van der Waals surface area contributed by atoms with Crippen LogP contribution < -0.4 is 5.32 Å². The molecular formula is C14H29NO. The molecule has 0 aromatic heterocycles. The standard InChI is InChI=1S/C14H29NO/c1-5-15-11-12(14(2,3)4)8-9-13-7-6-10-16-13/h12-13,15H,5-11H2,1-4H3. The van der Waals surface area contributed by atoms with Gasteiger partial charge in [0.05, 0.1) is 6.10 Å². The average molecular weight is 227 g/mol. The van der Waals surface area contributed by atoms with Crippen LogP contribution in [0.2, 0.25) is 0 Å². The summed E-state index contributed by atoms with van der Waals surface area (Å²) in [5.41, 5.74) is 0.404. The Morgan fingerprint density at radius 1 is 1.38 bits per heavy atom. The summed E-state index contributed by atoms with van der Waals surface area (Å²) in [7, 11) is 0. The van der Waals surface area contributed by atoms with E-state index in [0.29, 0.717) is 11.5 Å². The third-order valence-electron chi connectivity index (χ3n) is 3.73. The Bertz CT molecular complexity index is 180. The van der Waals surface area contributed by atoms with Gasteiger partial charge in [0.1, 0.15) is 0 Å². The molecule has 0 aromatic rings.